The predicted molar refractivity (Wildman–Crippen MR) is 123 cm³/mol. The lowest BCUT2D eigenvalue weighted by atomic mass is 9.45. The van der Waals surface area contributed by atoms with Gasteiger partial charge in [0.25, 0.3) is 0 Å². The van der Waals surface area contributed by atoms with Crippen LogP contribution in [0.15, 0.2) is 42.1 Å². The second kappa shape index (κ2) is 7.38. The highest BCUT2D eigenvalue weighted by Gasteiger charge is 2.63. The minimum absolute atomic E-state index is 0.0507. The van der Waals surface area contributed by atoms with Gasteiger partial charge < -0.3 is 11.1 Å². The lowest BCUT2D eigenvalue weighted by molar-refractivity contribution is -0.136. The Kier molecular flexibility index (Phi) is 5.09. The van der Waals surface area contributed by atoms with Gasteiger partial charge in [-0.3, -0.25) is 0 Å². The minimum atomic E-state index is -4.35. The van der Waals surface area contributed by atoms with Gasteiger partial charge in [0, 0.05) is 28.5 Å². The summed E-state index contributed by atoms with van der Waals surface area (Å²) in [6, 6.07) is 4.57. The molecule has 1 aromatic carbocycles. The maximum Gasteiger partial charge on any atom is 0.418 e. The number of benzene rings is 1. The molecular weight excluding hydrogens is 409 g/mol. The molecule has 5 rings (SSSR count). The number of hydrogen-bond donors (Lipinski definition) is 2. The van der Waals surface area contributed by atoms with Crippen molar-refractivity contribution in [2.24, 2.45) is 40.2 Å². The Morgan fingerprint density at radius 2 is 1.88 bits per heavy atom. The topological polar surface area (TPSA) is 38.0 Å². The standard InChI is InChI=1S/C27H35F3N2/c1-4-12-25(3)18-11-13-26-15-23(20(26)9-8-19(26)17(18)6-10-24(25)31)32-22-14-16(2)5-7-21(22)27(28,29)30/h4-5,7,12,14-15,17-20,24,32H,6,8-11,13,31H2,1-3H3/b12-4-. The molecule has 4 aliphatic rings. The van der Waals surface area contributed by atoms with E-state index in [1.807, 2.05) is 6.92 Å². The van der Waals surface area contributed by atoms with Crippen LogP contribution in [0, 0.1) is 41.4 Å². The summed E-state index contributed by atoms with van der Waals surface area (Å²) in [5, 5.41) is 3.22. The summed E-state index contributed by atoms with van der Waals surface area (Å²) in [5.74, 6) is 2.26. The number of anilines is 1. The third-order valence-corrected chi connectivity index (χ3v) is 9.52. The number of allylic oxidation sites excluding steroid dienone is 3. The van der Waals surface area contributed by atoms with E-state index in [2.05, 4.69) is 37.4 Å². The Morgan fingerprint density at radius 3 is 2.59 bits per heavy atom. The molecule has 174 valence electrons. The van der Waals surface area contributed by atoms with Crippen LogP contribution in [0.5, 0.6) is 0 Å². The molecule has 3 fully saturated rings. The fourth-order valence-electron chi connectivity index (χ4n) is 8.06. The van der Waals surface area contributed by atoms with Gasteiger partial charge in [0.15, 0.2) is 0 Å². The molecule has 7 atom stereocenters. The Bertz CT molecular complexity index is 964. The van der Waals surface area contributed by atoms with Crippen LogP contribution in [0.2, 0.25) is 0 Å². The molecule has 0 amide bonds. The number of alkyl halides is 3. The van der Waals surface area contributed by atoms with E-state index in [1.165, 1.54) is 25.0 Å². The molecule has 1 aromatic rings. The lowest BCUT2D eigenvalue weighted by Gasteiger charge is -2.60. The monoisotopic (exact) mass is 444 g/mol. The van der Waals surface area contributed by atoms with E-state index in [0.717, 1.165) is 36.9 Å². The van der Waals surface area contributed by atoms with Gasteiger partial charge in [-0.1, -0.05) is 31.2 Å². The van der Waals surface area contributed by atoms with Crippen molar-refractivity contribution in [3.05, 3.63) is 53.3 Å². The molecule has 1 spiro atoms. The Labute approximate surface area is 189 Å². The van der Waals surface area contributed by atoms with Crippen LogP contribution in [-0.2, 0) is 6.18 Å². The van der Waals surface area contributed by atoms with Crippen LogP contribution in [0.4, 0.5) is 18.9 Å². The molecule has 0 aliphatic heterocycles. The minimum Gasteiger partial charge on any atom is -0.358 e. The van der Waals surface area contributed by atoms with Crippen LogP contribution in [0.1, 0.15) is 63.5 Å². The SMILES string of the molecule is C/C=C\C1(C)C(N)CCC2C1CCC13C=C(Nc4cc(C)ccc4C(F)(F)F)C1CCC23. The normalized spacial score (nSPS) is 40.8. The van der Waals surface area contributed by atoms with Gasteiger partial charge in [0.1, 0.15) is 0 Å². The van der Waals surface area contributed by atoms with Crippen molar-refractivity contribution in [1.82, 2.24) is 0 Å². The van der Waals surface area contributed by atoms with Gasteiger partial charge in [0.05, 0.1) is 11.3 Å². The van der Waals surface area contributed by atoms with Crippen molar-refractivity contribution in [2.75, 3.05) is 5.32 Å². The van der Waals surface area contributed by atoms with Crippen LogP contribution >= 0.6 is 0 Å². The van der Waals surface area contributed by atoms with E-state index < -0.39 is 11.7 Å². The molecule has 2 nitrogen and oxygen atoms in total. The van der Waals surface area contributed by atoms with Crippen molar-refractivity contribution in [3.63, 3.8) is 0 Å². The zero-order valence-corrected chi connectivity index (χ0v) is 19.3. The molecule has 3 saturated carbocycles. The maximum absolute atomic E-state index is 13.6. The van der Waals surface area contributed by atoms with E-state index in [0.29, 0.717) is 23.7 Å². The number of halogens is 3. The van der Waals surface area contributed by atoms with Crippen molar-refractivity contribution in [3.8, 4) is 0 Å². The van der Waals surface area contributed by atoms with Gasteiger partial charge in [-0.05, 0) is 87.8 Å². The second-order valence-corrected chi connectivity index (χ2v) is 11.0. The molecule has 0 radical (unpaired) electrons. The van der Waals surface area contributed by atoms with Crippen molar-refractivity contribution in [2.45, 2.75) is 71.5 Å². The molecular formula is C27H35F3N2. The third-order valence-electron chi connectivity index (χ3n) is 9.52. The smallest absolute Gasteiger partial charge is 0.358 e. The molecule has 3 N–H and O–H groups in total. The summed E-state index contributed by atoms with van der Waals surface area (Å²) in [5.41, 5.74) is 8.30. The summed E-state index contributed by atoms with van der Waals surface area (Å²) >= 11 is 0. The summed E-state index contributed by atoms with van der Waals surface area (Å²) in [6.07, 6.45) is 9.26. The van der Waals surface area contributed by atoms with Gasteiger partial charge in [-0.15, -0.1) is 0 Å². The molecule has 0 saturated heterocycles. The number of hydrogen-bond acceptors (Lipinski definition) is 2. The van der Waals surface area contributed by atoms with E-state index in [-0.39, 0.29) is 22.6 Å². The van der Waals surface area contributed by atoms with Gasteiger partial charge >= 0.3 is 6.18 Å². The van der Waals surface area contributed by atoms with Crippen LogP contribution < -0.4 is 11.1 Å². The molecule has 0 heterocycles. The predicted octanol–water partition coefficient (Wildman–Crippen LogP) is 7.07. The Hall–Kier alpha value is -1.75. The quantitative estimate of drug-likeness (QED) is 0.490. The zero-order chi connectivity index (χ0) is 22.9. The zero-order valence-electron chi connectivity index (χ0n) is 19.3. The highest BCUT2D eigenvalue weighted by Crippen LogP contribution is 2.70. The molecule has 32 heavy (non-hydrogen) atoms. The fourth-order valence-corrected chi connectivity index (χ4v) is 8.06. The van der Waals surface area contributed by atoms with Crippen molar-refractivity contribution in [1.29, 1.82) is 0 Å². The summed E-state index contributed by atoms with van der Waals surface area (Å²) in [7, 11) is 0. The van der Waals surface area contributed by atoms with E-state index in [4.69, 9.17) is 5.73 Å². The Balaban J connectivity index is 1.42. The highest BCUT2D eigenvalue weighted by atomic mass is 19.4. The highest BCUT2D eigenvalue weighted by molar-refractivity contribution is 5.60. The first-order valence-corrected chi connectivity index (χ1v) is 12.2. The number of nitrogens with two attached hydrogens (primary N) is 1. The Morgan fingerprint density at radius 1 is 1.09 bits per heavy atom. The molecule has 5 heteroatoms. The number of aryl methyl sites for hydroxylation is 1. The average Bonchev–Trinajstić information content (AvgIpc) is 3.01. The third kappa shape index (κ3) is 3.10. The van der Waals surface area contributed by atoms with Gasteiger partial charge in [0.2, 0.25) is 0 Å². The first-order chi connectivity index (χ1) is 15.1. The van der Waals surface area contributed by atoms with Crippen LogP contribution in [0.3, 0.4) is 0 Å². The summed E-state index contributed by atoms with van der Waals surface area (Å²) in [4.78, 5) is 0. The van der Waals surface area contributed by atoms with Gasteiger partial charge in [-0.25, -0.2) is 0 Å². The lowest BCUT2D eigenvalue weighted by Crippen LogP contribution is -2.57. The van der Waals surface area contributed by atoms with E-state index >= 15 is 0 Å². The van der Waals surface area contributed by atoms with Gasteiger partial charge in [-0.2, -0.15) is 13.2 Å². The number of rotatable bonds is 3. The van der Waals surface area contributed by atoms with Crippen LogP contribution in [0.25, 0.3) is 0 Å². The van der Waals surface area contributed by atoms with Crippen LogP contribution in [-0.4, -0.2) is 6.04 Å². The van der Waals surface area contributed by atoms with E-state index in [9.17, 15) is 13.2 Å². The van der Waals surface area contributed by atoms with Crippen molar-refractivity contribution < 1.29 is 13.2 Å². The molecule has 4 aliphatic carbocycles. The second-order valence-electron chi connectivity index (χ2n) is 11.0. The first kappa shape index (κ1) is 22.1. The van der Waals surface area contributed by atoms with Crippen molar-refractivity contribution >= 4 is 5.69 Å². The van der Waals surface area contributed by atoms with E-state index in [1.54, 1.807) is 6.07 Å². The molecule has 0 bridgehead atoms. The summed E-state index contributed by atoms with van der Waals surface area (Å²) in [6.45, 7) is 6.27. The number of fused-ring (bicyclic) bond motifs is 2. The summed E-state index contributed by atoms with van der Waals surface area (Å²) < 4.78 is 40.7. The fraction of sp³-hybridized carbons (Fsp3) is 0.630. The largest absolute Gasteiger partial charge is 0.418 e. The maximum atomic E-state index is 13.6. The molecule has 7 unspecified atom stereocenters. The molecule has 0 aromatic heterocycles. The number of nitrogens with one attached hydrogen (secondary N) is 1. The first-order valence-electron chi connectivity index (χ1n) is 12.2. The average molecular weight is 445 g/mol.